The van der Waals surface area contributed by atoms with Crippen molar-refractivity contribution in [3.63, 3.8) is 0 Å². The highest BCUT2D eigenvalue weighted by Gasteiger charge is 2.26. The van der Waals surface area contributed by atoms with Crippen LogP contribution in [0.1, 0.15) is 23.2 Å². The van der Waals surface area contributed by atoms with E-state index < -0.39 is 0 Å². The molecule has 1 aromatic heterocycles. The zero-order valence-corrected chi connectivity index (χ0v) is 9.93. The van der Waals surface area contributed by atoms with Gasteiger partial charge in [-0.2, -0.15) is 0 Å². The maximum absolute atomic E-state index is 12.1. The van der Waals surface area contributed by atoms with E-state index in [1.54, 1.807) is 4.90 Å². The molecule has 0 aliphatic carbocycles. The fraction of sp³-hybridized carbons (Fsp3) is 0.500. The minimum absolute atomic E-state index is 0.0357. The van der Waals surface area contributed by atoms with Crippen LogP contribution in [0.15, 0.2) is 18.5 Å². The first-order valence-corrected chi connectivity index (χ1v) is 5.78. The van der Waals surface area contributed by atoms with E-state index in [9.17, 15) is 9.59 Å². The van der Waals surface area contributed by atoms with Gasteiger partial charge >= 0.3 is 0 Å². The van der Waals surface area contributed by atoms with Gasteiger partial charge in [0.25, 0.3) is 5.91 Å². The lowest BCUT2D eigenvalue weighted by molar-refractivity contribution is -0.123. The van der Waals surface area contributed by atoms with Crippen molar-refractivity contribution in [2.45, 2.75) is 12.8 Å². The molecule has 0 saturated carbocycles. The molecule has 0 spiro atoms. The van der Waals surface area contributed by atoms with E-state index in [0.29, 0.717) is 31.5 Å². The molecule has 5 heteroatoms. The van der Waals surface area contributed by atoms with Crippen LogP contribution in [0, 0.1) is 5.92 Å². The molecule has 1 aliphatic heterocycles. The van der Waals surface area contributed by atoms with Gasteiger partial charge in [0.15, 0.2) is 0 Å². The van der Waals surface area contributed by atoms with E-state index >= 15 is 0 Å². The number of aromatic nitrogens is 1. The molecule has 0 aromatic carbocycles. The van der Waals surface area contributed by atoms with E-state index in [-0.39, 0.29) is 17.7 Å². The largest absolute Gasteiger partial charge is 0.369 e. The van der Waals surface area contributed by atoms with Gasteiger partial charge in [0, 0.05) is 38.4 Å². The van der Waals surface area contributed by atoms with Crippen molar-refractivity contribution in [3.8, 4) is 0 Å². The molecule has 5 nitrogen and oxygen atoms in total. The Morgan fingerprint density at radius 3 is 2.47 bits per heavy atom. The molecule has 2 heterocycles. The number of hydrogen-bond acceptors (Lipinski definition) is 2. The van der Waals surface area contributed by atoms with Gasteiger partial charge in [-0.1, -0.05) is 0 Å². The summed E-state index contributed by atoms with van der Waals surface area (Å²) in [5.41, 5.74) is 5.96. The summed E-state index contributed by atoms with van der Waals surface area (Å²) in [7, 11) is 1.89. The van der Waals surface area contributed by atoms with Crippen molar-refractivity contribution >= 4 is 11.8 Å². The average Bonchev–Trinajstić information content (AvgIpc) is 2.75. The second-order valence-corrected chi connectivity index (χ2v) is 4.53. The van der Waals surface area contributed by atoms with Gasteiger partial charge < -0.3 is 15.2 Å². The summed E-state index contributed by atoms with van der Waals surface area (Å²) in [6, 6.07) is 1.81. The van der Waals surface area contributed by atoms with Crippen molar-refractivity contribution in [3.05, 3.63) is 24.0 Å². The fourth-order valence-corrected chi connectivity index (χ4v) is 2.18. The van der Waals surface area contributed by atoms with Gasteiger partial charge in [0.1, 0.15) is 0 Å². The second-order valence-electron chi connectivity index (χ2n) is 4.53. The molecule has 1 saturated heterocycles. The van der Waals surface area contributed by atoms with Crippen LogP contribution in [0.25, 0.3) is 0 Å². The molecular formula is C12H17N3O2. The van der Waals surface area contributed by atoms with Gasteiger partial charge in [-0.05, 0) is 18.9 Å². The van der Waals surface area contributed by atoms with Crippen molar-refractivity contribution in [2.75, 3.05) is 13.1 Å². The van der Waals surface area contributed by atoms with E-state index in [4.69, 9.17) is 5.73 Å². The first-order chi connectivity index (χ1) is 8.08. The average molecular weight is 235 g/mol. The molecule has 1 aliphatic rings. The Kier molecular flexibility index (Phi) is 3.17. The molecular weight excluding hydrogens is 218 g/mol. The Bertz CT molecular complexity index is 431. The lowest BCUT2D eigenvalue weighted by atomic mass is 9.96. The Morgan fingerprint density at radius 2 is 2.00 bits per heavy atom. The highest BCUT2D eigenvalue weighted by atomic mass is 16.2. The summed E-state index contributed by atoms with van der Waals surface area (Å²) in [6.07, 6.45) is 5.01. The van der Waals surface area contributed by atoms with E-state index in [2.05, 4.69) is 0 Å². The standard InChI is InChI=1S/C12H17N3O2/c1-14-5-2-10(8-14)12(17)15-6-3-9(4-7-15)11(13)16/h2,5,8-9H,3-4,6-7H2,1H3,(H2,13,16). The molecule has 1 aromatic rings. The first kappa shape index (κ1) is 11.7. The molecule has 0 atom stereocenters. The number of hydrogen-bond donors (Lipinski definition) is 1. The summed E-state index contributed by atoms with van der Waals surface area (Å²) in [5.74, 6) is -0.292. The number of aryl methyl sites for hydroxylation is 1. The molecule has 0 bridgehead atoms. The quantitative estimate of drug-likeness (QED) is 0.804. The summed E-state index contributed by atoms with van der Waals surface area (Å²) < 4.78 is 1.85. The number of piperidine rings is 1. The fourth-order valence-electron chi connectivity index (χ4n) is 2.18. The van der Waals surface area contributed by atoms with Crippen LogP contribution in [-0.2, 0) is 11.8 Å². The number of primary amides is 1. The third-order valence-corrected chi connectivity index (χ3v) is 3.26. The predicted octanol–water partition coefficient (Wildman–Crippen LogP) is 0.363. The monoisotopic (exact) mass is 235 g/mol. The first-order valence-electron chi connectivity index (χ1n) is 5.78. The van der Waals surface area contributed by atoms with Crippen LogP contribution in [0.2, 0.25) is 0 Å². The third-order valence-electron chi connectivity index (χ3n) is 3.26. The topological polar surface area (TPSA) is 68.3 Å². The molecule has 2 rings (SSSR count). The highest BCUT2D eigenvalue weighted by Crippen LogP contribution is 2.18. The summed E-state index contributed by atoms with van der Waals surface area (Å²) in [4.78, 5) is 24.9. The van der Waals surface area contributed by atoms with Crippen LogP contribution in [-0.4, -0.2) is 34.4 Å². The summed E-state index contributed by atoms with van der Waals surface area (Å²) in [5, 5.41) is 0. The number of likely N-dealkylation sites (tertiary alicyclic amines) is 1. The number of carbonyl (C=O) groups excluding carboxylic acids is 2. The number of carbonyl (C=O) groups is 2. The Morgan fingerprint density at radius 1 is 1.35 bits per heavy atom. The van der Waals surface area contributed by atoms with Gasteiger partial charge in [0.2, 0.25) is 5.91 Å². The lowest BCUT2D eigenvalue weighted by Gasteiger charge is -2.30. The maximum Gasteiger partial charge on any atom is 0.255 e. The number of nitrogens with two attached hydrogens (primary N) is 1. The third kappa shape index (κ3) is 2.49. The molecule has 0 radical (unpaired) electrons. The second kappa shape index (κ2) is 4.61. The SMILES string of the molecule is Cn1ccc(C(=O)N2CCC(C(N)=O)CC2)c1. The summed E-state index contributed by atoms with van der Waals surface area (Å²) in [6.45, 7) is 1.22. The number of nitrogens with zero attached hydrogens (tertiary/aromatic N) is 2. The summed E-state index contributed by atoms with van der Waals surface area (Å²) >= 11 is 0. The van der Waals surface area contributed by atoms with Gasteiger partial charge in [-0.25, -0.2) is 0 Å². The van der Waals surface area contributed by atoms with E-state index in [1.165, 1.54) is 0 Å². The molecule has 17 heavy (non-hydrogen) atoms. The van der Waals surface area contributed by atoms with Crippen molar-refractivity contribution in [1.82, 2.24) is 9.47 Å². The number of rotatable bonds is 2. The van der Waals surface area contributed by atoms with Crippen molar-refractivity contribution < 1.29 is 9.59 Å². The maximum atomic E-state index is 12.1. The predicted molar refractivity (Wildman–Crippen MR) is 63.2 cm³/mol. The zero-order chi connectivity index (χ0) is 12.4. The van der Waals surface area contributed by atoms with Crippen LogP contribution in [0.3, 0.4) is 0 Å². The normalized spacial score (nSPS) is 17.1. The van der Waals surface area contributed by atoms with Gasteiger partial charge in [-0.3, -0.25) is 9.59 Å². The minimum atomic E-state index is -0.253. The van der Waals surface area contributed by atoms with Crippen LogP contribution in [0.4, 0.5) is 0 Å². The van der Waals surface area contributed by atoms with Gasteiger partial charge in [0.05, 0.1) is 5.56 Å². The zero-order valence-electron chi connectivity index (χ0n) is 9.93. The van der Waals surface area contributed by atoms with E-state index in [0.717, 1.165) is 0 Å². The van der Waals surface area contributed by atoms with Crippen LogP contribution in [0.5, 0.6) is 0 Å². The minimum Gasteiger partial charge on any atom is -0.369 e. The van der Waals surface area contributed by atoms with Crippen molar-refractivity contribution in [2.24, 2.45) is 18.7 Å². The molecule has 92 valence electrons. The Labute approximate surface area is 100 Å². The molecule has 2 N–H and O–H groups in total. The number of amides is 2. The molecule has 0 unspecified atom stereocenters. The van der Waals surface area contributed by atoms with Crippen LogP contribution < -0.4 is 5.73 Å². The van der Waals surface area contributed by atoms with Crippen LogP contribution >= 0.6 is 0 Å². The van der Waals surface area contributed by atoms with E-state index in [1.807, 2.05) is 30.1 Å². The lowest BCUT2D eigenvalue weighted by Crippen LogP contribution is -2.41. The van der Waals surface area contributed by atoms with Gasteiger partial charge in [-0.15, -0.1) is 0 Å². The molecule has 2 amide bonds. The van der Waals surface area contributed by atoms with Crippen molar-refractivity contribution in [1.29, 1.82) is 0 Å². The molecule has 1 fully saturated rings. The Balaban J connectivity index is 1.97. The highest BCUT2D eigenvalue weighted by molar-refractivity contribution is 5.94. The smallest absolute Gasteiger partial charge is 0.255 e. The Hall–Kier alpha value is -1.78.